The van der Waals surface area contributed by atoms with Gasteiger partial charge in [0.25, 0.3) is 0 Å². The molecule has 0 bridgehead atoms. The summed E-state index contributed by atoms with van der Waals surface area (Å²) in [4.78, 5) is 8.17. The van der Waals surface area contributed by atoms with Crippen LogP contribution >= 0.6 is 0 Å². The van der Waals surface area contributed by atoms with Gasteiger partial charge in [0.2, 0.25) is 11.8 Å². The highest BCUT2D eigenvalue weighted by molar-refractivity contribution is 5.34. The van der Waals surface area contributed by atoms with Gasteiger partial charge in [0.1, 0.15) is 6.33 Å². The van der Waals surface area contributed by atoms with Crippen molar-refractivity contribution in [3.63, 3.8) is 0 Å². The number of rotatable bonds is 8. The summed E-state index contributed by atoms with van der Waals surface area (Å²) in [5, 5.41) is 3.31. The highest BCUT2D eigenvalue weighted by atomic mass is 16.5. The Morgan fingerprint density at radius 2 is 1.80 bits per heavy atom. The third-order valence-electron chi connectivity index (χ3n) is 3.49. The van der Waals surface area contributed by atoms with Gasteiger partial charge in [-0.25, -0.2) is 9.97 Å². The minimum absolute atomic E-state index is 0.459. The van der Waals surface area contributed by atoms with Gasteiger partial charge < -0.3 is 19.5 Å². The second-order valence-corrected chi connectivity index (χ2v) is 4.82. The Hall–Kier alpha value is -1.40. The predicted molar refractivity (Wildman–Crippen MR) is 75.1 cm³/mol. The maximum Gasteiger partial charge on any atom is 0.224 e. The lowest BCUT2D eigenvalue weighted by Gasteiger charge is -2.13. The molecule has 1 heterocycles. The van der Waals surface area contributed by atoms with E-state index in [0.717, 1.165) is 18.7 Å². The van der Waals surface area contributed by atoms with Crippen molar-refractivity contribution < 1.29 is 14.2 Å². The van der Waals surface area contributed by atoms with Gasteiger partial charge in [-0.1, -0.05) is 12.8 Å². The van der Waals surface area contributed by atoms with E-state index in [9.17, 15) is 0 Å². The van der Waals surface area contributed by atoms with Crippen LogP contribution in [0, 0.1) is 0 Å². The summed E-state index contributed by atoms with van der Waals surface area (Å²) in [5.74, 6) is 1.09. The van der Waals surface area contributed by atoms with Gasteiger partial charge in [-0.15, -0.1) is 0 Å². The van der Waals surface area contributed by atoms with E-state index < -0.39 is 0 Å². The minimum Gasteiger partial charge on any atom is -0.481 e. The molecule has 0 spiro atoms. The molecule has 0 radical (unpaired) electrons. The lowest BCUT2D eigenvalue weighted by molar-refractivity contribution is 0.0602. The van der Waals surface area contributed by atoms with Crippen LogP contribution in [0.5, 0.6) is 11.8 Å². The van der Waals surface area contributed by atoms with Crippen molar-refractivity contribution in [2.45, 2.75) is 38.3 Å². The van der Waals surface area contributed by atoms with Gasteiger partial charge in [-0.2, -0.15) is 0 Å². The SMILES string of the molecule is COc1ncnc(OC)c1CNCCOC1CCCC1. The highest BCUT2D eigenvalue weighted by Gasteiger charge is 2.15. The van der Waals surface area contributed by atoms with Crippen molar-refractivity contribution in [2.75, 3.05) is 27.4 Å². The third kappa shape index (κ3) is 4.05. The summed E-state index contributed by atoms with van der Waals surface area (Å²) in [6.45, 7) is 2.11. The van der Waals surface area contributed by atoms with Crippen molar-refractivity contribution in [1.82, 2.24) is 15.3 Å². The quantitative estimate of drug-likeness (QED) is 0.729. The molecule has 6 heteroatoms. The van der Waals surface area contributed by atoms with E-state index in [2.05, 4.69) is 15.3 Å². The molecule has 1 aliphatic carbocycles. The van der Waals surface area contributed by atoms with E-state index in [0.29, 0.717) is 24.4 Å². The van der Waals surface area contributed by atoms with Crippen LogP contribution in [0.25, 0.3) is 0 Å². The molecule has 1 fully saturated rings. The molecule has 1 saturated carbocycles. The molecule has 0 saturated heterocycles. The van der Waals surface area contributed by atoms with Gasteiger partial charge in [0, 0.05) is 13.1 Å². The predicted octanol–water partition coefficient (Wildman–Crippen LogP) is 1.54. The van der Waals surface area contributed by atoms with Crippen LogP contribution in [0.3, 0.4) is 0 Å². The molecule has 0 aliphatic heterocycles. The van der Waals surface area contributed by atoms with E-state index >= 15 is 0 Å². The molecule has 0 unspecified atom stereocenters. The lowest BCUT2D eigenvalue weighted by atomic mass is 10.3. The van der Waals surface area contributed by atoms with Crippen molar-refractivity contribution in [3.05, 3.63) is 11.9 Å². The fourth-order valence-corrected chi connectivity index (χ4v) is 2.45. The van der Waals surface area contributed by atoms with Crippen LogP contribution in [0.1, 0.15) is 31.2 Å². The number of aromatic nitrogens is 2. The summed E-state index contributed by atoms with van der Waals surface area (Å²) in [6, 6.07) is 0. The molecule has 0 atom stereocenters. The van der Waals surface area contributed by atoms with Crippen LogP contribution in [-0.4, -0.2) is 43.4 Å². The first-order valence-electron chi connectivity index (χ1n) is 7.09. The van der Waals surface area contributed by atoms with Gasteiger partial charge in [-0.05, 0) is 12.8 Å². The van der Waals surface area contributed by atoms with Crippen molar-refractivity contribution in [2.24, 2.45) is 0 Å². The molecule has 0 amide bonds. The van der Waals surface area contributed by atoms with Crippen LogP contribution in [0.4, 0.5) is 0 Å². The molecule has 1 aromatic rings. The molecule has 1 N–H and O–H groups in total. The highest BCUT2D eigenvalue weighted by Crippen LogP contribution is 2.23. The fourth-order valence-electron chi connectivity index (χ4n) is 2.45. The molecule has 20 heavy (non-hydrogen) atoms. The first-order chi connectivity index (χ1) is 9.85. The molecular weight excluding hydrogens is 258 g/mol. The maximum absolute atomic E-state index is 5.80. The third-order valence-corrected chi connectivity index (χ3v) is 3.49. The summed E-state index contributed by atoms with van der Waals surface area (Å²) < 4.78 is 16.2. The normalized spacial score (nSPS) is 15.5. The standard InChI is InChI=1S/C14H23N3O3/c1-18-13-12(14(19-2)17-10-16-13)9-15-7-8-20-11-5-3-4-6-11/h10-11,15H,3-9H2,1-2H3. The van der Waals surface area contributed by atoms with Crippen LogP contribution in [0.2, 0.25) is 0 Å². The summed E-state index contributed by atoms with van der Waals surface area (Å²) in [5.41, 5.74) is 0.832. The van der Waals surface area contributed by atoms with Crippen molar-refractivity contribution in [1.29, 1.82) is 0 Å². The molecule has 1 aliphatic rings. The fraction of sp³-hybridized carbons (Fsp3) is 0.714. The Morgan fingerprint density at radius 1 is 1.15 bits per heavy atom. The van der Waals surface area contributed by atoms with Crippen molar-refractivity contribution in [3.8, 4) is 11.8 Å². The summed E-state index contributed by atoms with van der Waals surface area (Å²) >= 11 is 0. The summed E-state index contributed by atoms with van der Waals surface area (Å²) in [7, 11) is 3.18. The molecular formula is C14H23N3O3. The second-order valence-electron chi connectivity index (χ2n) is 4.82. The van der Waals surface area contributed by atoms with E-state index in [1.807, 2.05) is 0 Å². The lowest BCUT2D eigenvalue weighted by Crippen LogP contribution is -2.22. The Bertz CT molecular complexity index is 386. The molecule has 1 aromatic heterocycles. The number of ether oxygens (including phenoxy) is 3. The van der Waals surface area contributed by atoms with Crippen LogP contribution in [-0.2, 0) is 11.3 Å². The van der Waals surface area contributed by atoms with Gasteiger partial charge >= 0.3 is 0 Å². The number of nitrogens with one attached hydrogen (secondary N) is 1. The molecule has 0 aromatic carbocycles. The van der Waals surface area contributed by atoms with Crippen molar-refractivity contribution >= 4 is 0 Å². The Morgan fingerprint density at radius 3 is 2.40 bits per heavy atom. The topological polar surface area (TPSA) is 65.5 Å². The molecule has 2 rings (SSSR count). The number of hydrogen-bond donors (Lipinski definition) is 1. The first kappa shape index (κ1) is 15.0. The number of nitrogens with zero attached hydrogens (tertiary/aromatic N) is 2. The largest absolute Gasteiger partial charge is 0.481 e. The smallest absolute Gasteiger partial charge is 0.224 e. The van der Waals surface area contributed by atoms with E-state index in [-0.39, 0.29) is 0 Å². The Balaban J connectivity index is 1.75. The maximum atomic E-state index is 5.80. The zero-order chi connectivity index (χ0) is 14.2. The van der Waals surface area contributed by atoms with Gasteiger partial charge in [0.05, 0.1) is 32.5 Å². The van der Waals surface area contributed by atoms with E-state index in [1.54, 1.807) is 14.2 Å². The number of methoxy groups -OCH3 is 2. The Kier molecular flexibility index (Phi) is 6.01. The molecule has 112 valence electrons. The molecule has 6 nitrogen and oxygen atoms in total. The monoisotopic (exact) mass is 281 g/mol. The average molecular weight is 281 g/mol. The average Bonchev–Trinajstić information content (AvgIpc) is 3.00. The zero-order valence-electron chi connectivity index (χ0n) is 12.2. The van der Waals surface area contributed by atoms with Gasteiger partial charge in [-0.3, -0.25) is 0 Å². The van der Waals surface area contributed by atoms with Crippen LogP contribution < -0.4 is 14.8 Å². The summed E-state index contributed by atoms with van der Waals surface area (Å²) in [6.07, 6.45) is 6.90. The Labute approximate surface area is 119 Å². The van der Waals surface area contributed by atoms with E-state index in [4.69, 9.17) is 14.2 Å². The van der Waals surface area contributed by atoms with Crippen LogP contribution in [0.15, 0.2) is 6.33 Å². The second kappa shape index (κ2) is 8.01. The van der Waals surface area contributed by atoms with Gasteiger partial charge in [0.15, 0.2) is 0 Å². The van der Waals surface area contributed by atoms with E-state index in [1.165, 1.54) is 32.0 Å². The zero-order valence-corrected chi connectivity index (χ0v) is 12.2. The number of hydrogen-bond acceptors (Lipinski definition) is 6. The minimum atomic E-state index is 0.459. The first-order valence-corrected chi connectivity index (χ1v) is 7.09.